The number of Topliss-reactive ketones (excluding diaryl/α,β-unsaturated/α-hetero) is 1. The van der Waals surface area contributed by atoms with Gasteiger partial charge in [-0.05, 0) is 23.6 Å². The fourth-order valence-electron chi connectivity index (χ4n) is 2.81. The molecule has 0 aromatic heterocycles. The number of carbonyl (C=O) groups excluding carboxylic acids is 2. The first-order chi connectivity index (χ1) is 11.1. The standard InChI is InChI=1S/C19H18O4/c20-16-11-10-13-6-4-5-9-15(13)19(22)23-18(12-17(16)21)14-7-2-1-3-8-14/h1-9,17-18,21H,10-12H2/t17-,18-/m1/s1. The second-order valence-corrected chi connectivity index (χ2v) is 5.68. The molecular formula is C19H18O4. The Balaban J connectivity index is 1.97. The molecule has 2 aromatic carbocycles. The second-order valence-electron chi connectivity index (χ2n) is 5.68. The van der Waals surface area contributed by atoms with E-state index in [1.165, 1.54) is 0 Å². The van der Waals surface area contributed by atoms with E-state index in [-0.39, 0.29) is 18.6 Å². The molecule has 0 spiro atoms. The Bertz CT molecular complexity index is 708. The number of esters is 1. The number of aliphatic hydroxyl groups excluding tert-OH is 1. The van der Waals surface area contributed by atoms with Crippen molar-refractivity contribution in [3.05, 3.63) is 71.3 Å². The van der Waals surface area contributed by atoms with Crippen molar-refractivity contribution in [2.75, 3.05) is 0 Å². The van der Waals surface area contributed by atoms with Gasteiger partial charge in [0.15, 0.2) is 5.78 Å². The van der Waals surface area contributed by atoms with Gasteiger partial charge in [-0.2, -0.15) is 0 Å². The molecule has 23 heavy (non-hydrogen) atoms. The van der Waals surface area contributed by atoms with Gasteiger partial charge >= 0.3 is 5.97 Å². The first-order valence-electron chi connectivity index (χ1n) is 7.70. The van der Waals surface area contributed by atoms with Crippen LogP contribution in [0.5, 0.6) is 0 Å². The lowest BCUT2D eigenvalue weighted by atomic mass is 9.95. The van der Waals surface area contributed by atoms with Crippen molar-refractivity contribution < 1.29 is 19.4 Å². The molecule has 0 aliphatic carbocycles. The molecule has 4 nitrogen and oxygen atoms in total. The van der Waals surface area contributed by atoms with E-state index in [1.807, 2.05) is 42.5 Å². The van der Waals surface area contributed by atoms with Gasteiger partial charge in [0, 0.05) is 12.8 Å². The molecule has 0 saturated heterocycles. The highest BCUT2D eigenvalue weighted by Gasteiger charge is 2.27. The lowest BCUT2D eigenvalue weighted by Crippen LogP contribution is -2.27. The van der Waals surface area contributed by atoms with Crippen molar-refractivity contribution in [2.45, 2.75) is 31.5 Å². The van der Waals surface area contributed by atoms with Crippen molar-refractivity contribution in [3.8, 4) is 0 Å². The molecule has 2 atom stereocenters. The van der Waals surface area contributed by atoms with Crippen LogP contribution in [0.15, 0.2) is 54.6 Å². The number of benzene rings is 2. The maximum atomic E-state index is 12.5. The third-order valence-electron chi connectivity index (χ3n) is 4.11. The third kappa shape index (κ3) is 3.48. The quantitative estimate of drug-likeness (QED) is 0.823. The predicted octanol–water partition coefficient (Wildman–Crippen LogP) is 2.85. The third-order valence-corrected chi connectivity index (χ3v) is 4.11. The number of fused-ring (bicyclic) bond motifs is 1. The summed E-state index contributed by atoms with van der Waals surface area (Å²) in [5.74, 6) is -0.644. The average molecular weight is 310 g/mol. The summed E-state index contributed by atoms with van der Waals surface area (Å²) >= 11 is 0. The van der Waals surface area contributed by atoms with Crippen molar-refractivity contribution in [2.24, 2.45) is 0 Å². The van der Waals surface area contributed by atoms with Gasteiger partial charge in [0.05, 0.1) is 5.56 Å². The predicted molar refractivity (Wildman–Crippen MR) is 85.0 cm³/mol. The van der Waals surface area contributed by atoms with Crippen LogP contribution in [0.2, 0.25) is 0 Å². The van der Waals surface area contributed by atoms with Gasteiger partial charge in [-0.15, -0.1) is 0 Å². The van der Waals surface area contributed by atoms with E-state index in [0.29, 0.717) is 12.0 Å². The maximum absolute atomic E-state index is 12.5. The van der Waals surface area contributed by atoms with Gasteiger partial charge < -0.3 is 9.84 Å². The van der Waals surface area contributed by atoms with Crippen LogP contribution in [0.4, 0.5) is 0 Å². The minimum atomic E-state index is -1.13. The van der Waals surface area contributed by atoms with E-state index in [1.54, 1.807) is 12.1 Å². The van der Waals surface area contributed by atoms with Gasteiger partial charge in [-0.1, -0.05) is 48.5 Å². The largest absolute Gasteiger partial charge is 0.454 e. The zero-order valence-corrected chi connectivity index (χ0v) is 12.6. The smallest absolute Gasteiger partial charge is 0.339 e. The Kier molecular flexibility index (Phi) is 4.53. The topological polar surface area (TPSA) is 63.6 Å². The zero-order valence-electron chi connectivity index (χ0n) is 12.6. The summed E-state index contributed by atoms with van der Waals surface area (Å²) in [6, 6.07) is 16.3. The Labute approximate surface area is 134 Å². The lowest BCUT2D eigenvalue weighted by Gasteiger charge is -2.23. The summed E-state index contributed by atoms with van der Waals surface area (Å²) in [6.45, 7) is 0. The number of aliphatic hydroxyl groups is 1. The van der Waals surface area contributed by atoms with Crippen molar-refractivity contribution in [1.82, 2.24) is 0 Å². The number of carbonyl (C=O) groups is 2. The average Bonchev–Trinajstić information content (AvgIpc) is 2.59. The summed E-state index contributed by atoms with van der Waals surface area (Å²) < 4.78 is 5.61. The van der Waals surface area contributed by atoms with E-state index in [4.69, 9.17) is 4.74 Å². The number of rotatable bonds is 1. The molecule has 1 aliphatic rings. The van der Waals surface area contributed by atoms with Crippen LogP contribution >= 0.6 is 0 Å². The van der Waals surface area contributed by atoms with Crippen molar-refractivity contribution >= 4 is 11.8 Å². The van der Waals surface area contributed by atoms with Crippen molar-refractivity contribution in [3.63, 3.8) is 0 Å². The first-order valence-corrected chi connectivity index (χ1v) is 7.70. The maximum Gasteiger partial charge on any atom is 0.339 e. The monoisotopic (exact) mass is 310 g/mol. The number of ketones is 1. The number of hydrogen-bond donors (Lipinski definition) is 1. The fourth-order valence-corrected chi connectivity index (χ4v) is 2.81. The molecule has 1 N–H and O–H groups in total. The number of cyclic esters (lactones) is 1. The molecule has 3 rings (SSSR count). The normalized spacial score (nSPS) is 22.1. The van der Waals surface area contributed by atoms with Crippen LogP contribution in [0.25, 0.3) is 0 Å². The molecule has 4 heteroatoms. The van der Waals surface area contributed by atoms with Crippen molar-refractivity contribution in [1.29, 1.82) is 0 Å². The van der Waals surface area contributed by atoms with Gasteiger partial charge in [-0.3, -0.25) is 4.79 Å². The van der Waals surface area contributed by atoms with Crippen LogP contribution in [0.1, 0.15) is 40.4 Å². The van der Waals surface area contributed by atoms with E-state index < -0.39 is 18.2 Å². The zero-order chi connectivity index (χ0) is 16.2. The van der Waals surface area contributed by atoms with Gasteiger partial charge in [0.2, 0.25) is 0 Å². The Morgan fingerprint density at radius 1 is 0.913 bits per heavy atom. The number of ether oxygens (including phenoxy) is 1. The molecule has 1 heterocycles. The van der Waals surface area contributed by atoms with E-state index >= 15 is 0 Å². The summed E-state index contributed by atoms with van der Waals surface area (Å²) in [6.07, 6.45) is -1.05. The molecule has 0 amide bonds. The van der Waals surface area contributed by atoms with E-state index in [0.717, 1.165) is 11.1 Å². The molecule has 1 aliphatic heterocycles. The minimum absolute atomic E-state index is 0.0801. The molecular weight excluding hydrogens is 292 g/mol. The fraction of sp³-hybridized carbons (Fsp3) is 0.263. The Morgan fingerprint density at radius 2 is 1.61 bits per heavy atom. The first kappa shape index (κ1) is 15.4. The highest BCUT2D eigenvalue weighted by molar-refractivity contribution is 5.92. The Morgan fingerprint density at radius 3 is 2.39 bits per heavy atom. The van der Waals surface area contributed by atoms with Crippen LogP contribution in [-0.2, 0) is 16.0 Å². The number of hydrogen-bond acceptors (Lipinski definition) is 4. The van der Waals surface area contributed by atoms with Gasteiger partial charge in [0.25, 0.3) is 0 Å². The molecule has 118 valence electrons. The van der Waals surface area contributed by atoms with Gasteiger partial charge in [-0.25, -0.2) is 4.79 Å². The van der Waals surface area contributed by atoms with Crippen LogP contribution in [0, 0.1) is 0 Å². The summed E-state index contributed by atoms with van der Waals surface area (Å²) in [7, 11) is 0. The highest BCUT2D eigenvalue weighted by Crippen LogP contribution is 2.27. The van der Waals surface area contributed by atoms with E-state index in [9.17, 15) is 14.7 Å². The van der Waals surface area contributed by atoms with Crippen LogP contribution < -0.4 is 0 Å². The molecule has 0 fully saturated rings. The summed E-state index contributed by atoms with van der Waals surface area (Å²) in [4.78, 5) is 24.6. The molecule has 0 saturated carbocycles. The molecule has 2 aromatic rings. The SMILES string of the molecule is O=C1O[C@@H](c2ccccc2)C[C@@H](O)C(=O)CCc2ccccc21. The Hall–Kier alpha value is -2.46. The molecule has 0 bridgehead atoms. The van der Waals surface area contributed by atoms with Crippen LogP contribution in [0.3, 0.4) is 0 Å². The van der Waals surface area contributed by atoms with Crippen LogP contribution in [-0.4, -0.2) is 23.0 Å². The second kappa shape index (κ2) is 6.75. The number of aryl methyl sites for hydroxylation is 1. The minimum Gasteiger partial charge on any atom is -0.454 e. The lowest BCUT2D eigenvalue weighted by molar-refractivity contribution is -0.128. The summed E-state index contributed by atoms with van der Waals surface area (Å²) in [5, 5.41) is 10.1. The molecule has 0 radical (unpaired) electrons. The molecule has 0 unspecified atom stereocenters. The highest BCUT2D eigenvalue weighted by atomic mass is 16.5. The van der Waals surface area contributed by atoms with E-state index in [2.05, 4.69) is 0 Å². The van der Waals surface area contributed by atoms with Gasteiger partial charge in [0.1, 0.15) is 12.2 Å². The summed E-state index contributed by atoms with van der Waals surface area (Å²) in [5.41, 5.74) is 2.02.